The molecule has 0 bridgehead atoms. The summed E-state index contributed by atoms with van der Waals surface area (Å²) in [6, 6.07) is 33.3. The van der Waals surface area contributed by atoms with Gasteiger partial charge in [-0.3, -0.25) is 4.79 Å². The number of carbonyl (C=O) groups excluding carboxylic acids is 2. The van der Waals surface area contributed by atoms with Gasteiger partial charge in [0.05, 0.1) is 25.4 Å². The minimum absolute atomic E-state index is 0.146. The van der Waals surface area contributed by atoms with E-state index in [9.17, 15) is 14.7 Å². The molecule has 0 aliphatic carbocycles. The van der Waals surface area contributed by atoms with E-state index in [1.54, 1.807) is 16.8 Å². The number of aliphatic hydroxyl groups is 1. The number of nitrogens with one attached hydrogen (secondary N) is 1. The molecule has 0 spiro atoms. The van der Waals surface area contributed by atoms with Gasteiger partial charge < -0.3 is 29.5 Å². The third-order valence-electron chi connectivity index (χ3n) is 9.27. The van der Waals surface area contributed by atoms with Crippen molar-refractivity contribution in [3.05, 3.63) is 114 Å². The third kappa shape index (κ3) is 6.52. The lowest BCUT2D eigenvalue weighted by Crippen LogP contribution is -2.48. The van der Waals surface area contributed by atoms with Crippen LogP contribution >= 0.6 is 0 Å². The Labute approximate surface area is 276 Å². The number of nitrogens with zero attached hydrogens (tertiary/aromatic N) is 3. The summed E-state index contributed by atoms with van der Waals surface area (Å²) in [4.78, 5) is 31.3. The van der Waals surface area contributed by atoms with Crippen LogP contribution < -0.4 is 5.32 Å². The number of aliphatic hydroxyl groups excluding tert-OH is 1. The Morgan fingerprint density at radius 1 is 0.957 bits per heavy atom. The van der Waals surface area contributed by atoms with Gasteiger partial charge in [0.2, 0.25) is 0 Å². The number of aryl methyl sites for hydroxylation is 1. The first kappa shape index (κ1) is 32.0. The van der Waals surface area contributed by atoms with Gasteiger partial charge >= 0.3 is 6.03 Å². The number of para-hydroxylation sites is 1. The molecule has 1 aliphatic rings. The monoisotopic (exact) mass is 630 g/mol. The second kappa shape index (κ2) is 13.8. The zero-order chi connectivity index (χ0) is 33.1. The fraction of sp³-hybridized carbons (Fsp3) is 0.282. The fourth-order valence-corrected chi connectivity index (χ4v) is 6.47. The van der Waals surface area contributed by atoms with Gasteiger partial charge in [0.1, 0.15) is 5.69 Å². The van der Waals surface area contributed by atoms with Crippen LogP contribution in [0.25, 0.3) is 33.2 Å². The van der Waals surface area contributed by atoms with Crippen molar-refractivity contribution in [2.45, 2.75) is 32.6 Å². The van der Waals surface area contributed by atoms with Gasteiger partial charge in [-0.25, -0.2) is 4.79 Å². The molecule has 1 aromatic heterocycles. The Balaban J connectivity index is 1.29. The summed E-state index contributed by atoms with van der Waals surface area (Å²) >= 11 is 0. The van der Waals surface area contributed by atoms with E-state index in [-0.39, 0.29) is 24.5 Å². The van der Waals surface area contributed by atoms with Crippen molar-refractivity contribution in [2.75, 3.05) is 32.1 Å². The van der Waals surface area contributed by atoms with Crippen molar-refractivity contribution in [1.29, 1.82) is 0 Å². The Hall–Kier alpha value is -4.92. The van der Waals surface area contributed by atoms with Crippen LogP contribution in [-0.2, 0) is 18.4 Å². The number of amides is 3. The van der Waals surface area contributed by atoms with Crippen LogP contribution in [0.1, 0.15) is 29.9 Å². The van der Waals surface area contributed by atoms with Gasteiger partial charge in [-0.05, 0) is 47.4 Å². The minimum atomic E-state index is -0.424. The Bertz CT molecular complexity index is 1870. The fourth-order valence-electron chi connectivity index (χ4n) is 6.47. The number of hydrogen-bond donors (Lipinski definition) is 2. The summed E-state index contributed by atoms with van der Waals surface area (Å²) in [7, 11) is 3.68. The lowest BCUT2D eigenvalue weighted by atomic mass is 9.96. The van der Waals surface area contributed by atoms with Crippen LogP contribution in [0.15, 0.2) is 103 Å². The summed E-state index contributed by atoms with van der Waals surface area (Å²) in [6.45, 7) is 4.69. The van der Waals surface area contributed by atoms with Gasteiger partial charge in [-0.15, -0.1) is 0 Å². The molecule has 4 aromatic carbocycles. The van der Waals surface area contributed by atoms with Crippen LogP contribution in [0.2, 0.25) is 0 Å². The van der Waals surface area contributed by atoms with Gasteiger partial charge in [0, 0.05) is 55.3 Å². The Morgan fingerprint density at radius 2 is 1.62 bits per heavy atom. The van der Waals surface area contributed by atoms with Crippen molar-refractivity contribution < 1.29 is 19.4 Å². The van der Waals surface area contributed by atoms with E-state index in [1.807, 2.05) is 116 Å². The summed E-state index contributed by atoms with van der Waals surface area (Å²) in [5.41, 5.74) is 7.19. The van der Waals surface area contributed by atoms with Gasteiger partial charge in [0.25, 0.3) is 5.91 Å². The van der Waals surface area contributed by atoms with Crippen molar-refractivity contribution >= 4 is 28.5 Å². The molecule has 242 valence electrons. The minimum Gasteiger partial charge on any atom is -0.394 e. The predicted molar refractivity (Wildman–Crippen MR) is 187 cm³/mol. The molecule has 3 atom stereocenters. The maximum atomic E-state index is 14.5. The van der Waals surface area contributed by atoms with E-state index in [4.69, 9.17) is 4.74 Å². The maximum absolute atomic E-state index is 14.5. The molecule has 2 N–H and O–H groups in total. The smallest absolute Gasteiger partial charge is 0.321 e. The normalized spacial score (nSPS) is 17.4. The maximum Gasteiger partial charge on any atom is 0.321 e. The molecule has 6 rings (SSSR count). The molecular weight excluding hydrogens is 588 g/mol. The second-order valence-electron chi connectivity index (χ2n) is 12.5. The molecule has 8 heteroatoms. The van der Waals surface area contributed by atoms with Gasteiger partial charge in [-0.2, -0.15) is 0 Å². The standard InChI is InChI=1S/C39H42N4O4/c1-26-22-43(27(2)24-44)38(45)37-36(33-16-10-11-17-34(33)42(37)4)32-15-9-8-14-30(32)25-47-35(26)23-41(3)39(46)40-31-20-18-29(19-21-31)28-12-6-5-7-13-28/h5-21,26-27,35,44H,22-25H2,1-4H3,(H,40,46)/t26-,27-,35-/m0/s1. The van der Waals surface area contributed by atoms with Crippen molar-refractivity contribution in [3.8, 4) is 22.3 Å². The van der Waals surface area contributed by atoms with Crippen molar-refractivity contribution in [1.82, 2.24) is 14.4 Å². The number of hydrogen-bond acceptors (Lipinski definition) is 4. The first-order valence-electron chi connectivity index (χ1n) is 16.1. The molecule has 0 saturated heterocycles. The van der Waals surface area contributed by atoms with Crippen LogP contribution in [0.5, 0.6) is 0 Å². The summed E-state index contributed by atoms with van der Waals surface area (Å²) in [5, 5.41) is 14.3. The van der Waals surface area contributed by atoms with E-state index in [0.717, 1.165) is 38.7 Å². The van der Waals surface area contributed by atoms with Crippen LogP contribution in [0.4, 0.5) is 10.5 Å². The average molecular weight is 631 g/mol. The van der Waals surface area contributed by atoms with Crippen molar-refractivity contribution in [3.63, 3.8) is 0 Å². The number of carbonyl (C=O) groups is 2. The molecule has 5 aromatic rings. The molecule has 0 saturated carbocycles. The van der Waals surface area contributed by atoms with E-state index in [2.05, 4.69) is 17.4 Å². The lowest BCUT2D eigenvalue weighted by Gasteiger charge is -2.35. The predicted octanol–water partition coefficient (Wildman–Crippen LogP) is 7.03. The molecule has 0 radical (unpaired) electrons. The number of likely N-dealkylation sites (N-methyl/N-ethyl adjacent to an activating group) is 1. The molecule has 8 nitrogen and oxygen atoms in total. The summed E-state index contributed by atoms with van der Waals surface area (Å²) in [6.07, 6.45) is -0.390. The SMILES string of the molecule is C[C@H]1CN([C@@H](C)CO)C(=O)c2c(c3ccccc3n2C)-c2ccccc2CO[C@H]1CN(C)C(=O)Nc1ccc(-c2ccccc2)cc1. The quantitative estimate of drug-likeness (QED) is 0.211. The molecule has 1 aliphatic heterocycles. The first-order chi connectivity index (χ1) is 22.8. The number of ether oxygens (including phenoxy) is 1. The number of benzene rings is 4. The second-order valence-corrected chi connectivity index (χ2v) is 12.5. The molecular formula is C39H42N4O4. The van der Waals surface area contributed by atoms with Crippen LogP contribution in [0, 0.1) is 5.92 Å². The molecule has 47 heavy (non-hydrogen) atoms. The number of fused-ring (bicyclic) bond motifs is 5. The van der Waals surface area contributed by atoms with Gasteiger partial charge in [0.15, 0.2) is 0 Å². The van der Waals surface area contributed by atoms with Gasteiger partial charge in [-0.1, -0.05) is 91.9 Å². The number of anilines is 1. The number of rotatable bonds is 6. The van der Waals surface area contributed by atoms with E-state index < -0.39 is 12.1 Å². The highest BCUT2D eigenvalue weighted by Crippen LogP contribution is 2.38. The largest absolute Gasteiger partial charge is 0.394 e. The highest BCUT2D eigenvalue weighted by Gasteiger charge is 2.34. The average Bonchev–Trinajstić information content (AvgIpc) is 3.39. The molecule has 0 unspecified atom stereocenters. The number of urea groups is 1. The Kier molecular flexibility index (Phi) is 9.43. The van der Waals surface area contributed by atoms with Crippen LogP contribution in [-0.4, -0.2) is 70.3 Å². The zero-order valence-corrected chi connectivity index (χ0v) is 27.4. The Morgan fingerprint density at radius 3 is 2.36 bits per heavy atom. The van der Waals surface area contributed by atoms with Crippen molar-refractivity contribution in [2.24, 2.45) is 13.0 Å². The third-order valence-corrected chi connectivity index (χ3v) is 9.27. The molecule has 3 amide bonds. The van der Waals surface area contributed by atoms with E-state index in [0.29, 0.717) is 31.1 Å². The highest BCUT2D eigenvalue weighted by atomic mass is 16.5. The summed E-state index contributed by atoms with van der Waals surface area (Å²) in [5.74, 6) is -0.302. The molecule has 0 fully saturated rings. The van der Waals surface area contributed by atoms with E-state index >= 15 is 0 Å². The topological polar surface area (TPSA) is 87.0 Å². The first-order valence-corrected chi connectivity index (χ1v) is 16.1. The lowest BCUT2D eigenvalue weighted by molar-refractivity contribution is -0.0179. The summed E-state index contributed by atoms with van der Waals surface area (Å²) < 4.78 is 8.62. The zero-order valence-electron chi connectivity index (χ0n) is 27.4. The number of aromatic nitrogens is 1. The highest BCUT2D eigenvalue weighted by molar-refractivity contribution is 6.10. The molecule has 2 heterocycles. The van der Waals surface area contributed by atoms with E-state index in [1.165, 1.54) is 0 Å². The van der Waals surface area contributed by atoms with Crippen LogP contribution in [0.3, 0.4) is 0 Å².